The van der Waals surface area contributed by atoms with Crippen molar-refractivity contribution < 1.29 is 9.90 Å². The van der Waals surface area contributed by atoms with Crippen molar-refractivity contribution in [1.82, 2.24) is 4.90 Å². The van der Waals surface area contributed by atoms with Crippen LogP contribution >= 0.6 is 0 Å². The summed E-state index contributed by atoms with van der Waals surface area (Å²) in [5.74, 6) is 1.70. The van der Waals surface area contributed by atoms with Crippen LogP contribution in [0, 0.1) is 17.8 Å². The van der Waals surface area contributed by atoms with E-state index in [-0.39, 0.29) is 11.5 Å². The van der Waals surface area contributed by atoms with Crippen LogP contribution in [-0.4, -0.2) is 35.4 Å². The molecular weight excluding hydrogens is 262 g/mol. The van der Waals surface area contributed by atoms with Crippen LogP contribution in [-0.2, 0) is 0 Å². The average molecular weight is 283 g/mol. The molecule has 1 aromatic carbocycles. The number of ketones is 1. The zero-order valence-corrected chi connectivity index (χ0v) is 12.3. The van der Waals surface area contributed by atoms with Crippen molar-refractivity contribution in [3.8, 4) is 5.75 Å². The van der Waals surface area contributed by atoms with E-state index in [0.29, 0.717) is 29.9 Å². The second-order valence-corrected chi connectivity index (χ2v) is 6.12. The lowest BCUT2D eigenvalue weighted by Gasteiger charge is -2.41. The number of hydrogen-bond acceptors (Lipinski definition) is 3. The summed E-state index contributed by atoms with van der Waals surface area (Å²) in [6.07, 6.45) is 8.76. The van der Waals surface area contributed by atoms with Crippen molar-refractivity contribution in [3.05, 3.63) is 54.1 Å². The predicted octanol–water partition coefficient (Wildman–Crippen LogP) is 2.89. The van der Waals surface area contributed by atoms with E-state index >= 15 is 0 Å². The number of phenolic OH excluding ortho intramolecular Hbond substituents is 1. The normalized spacial score (nSPS) is 28.3. The number of benzene rings is 1. The van der Waals surface area contributed by atoms with Crippen LogP contribution in [0.2, 0.25) is 0 Å². The topological polar surface area (TPSA) is 40.5 Å². The van der Waals surface area contributed by atoms with Crippen LogP contribution < -0.4 is 0 Å². The van der Waals surface area contributed by atoms with Gasteiger partial charge in [0, 0.05) is 13.1 Å². The fourth-order valence-electron chi connectivity index (χ4n) is 3.49. The van der Waals surface area contributed by atoms with Gasteiger partial charge in [0.2, 0.25) is 0 Å². The molecule has 0 bridgehead atoms. The van der Waals surface area contributed by atoms with Gasteiger partial charge in [-0.1, -0.05) is 43.4 Å². The quantitative estimate of drug-likeness (QED) is 0.867. The summed E-state index contributed by atoms with van der Waals surface area (Å²) < 4.78 is 0. The molecule has 3 nitrogen and oxygen atoms in total. The Morgan fingerprint density at radius 1 is 1.24 bits per heavy atom. The molecule has 1 aliphatic heterocycles. The van der Waals surface area contributed by atoms with Crippen LogP contribution in [0.4, 0.5) is 0 Å². The summed E-state index contributed by atoms with van der Waals surface area (Å²) in [5, 5.41) is 9.79. The van der Waals surface area contributed by atoms with Gasteiger partial charge in [-0.15, -0.1) is 0 Å². The van der Waals surface area contributed by atoms with Gasteiger partial charge in [-0.25, -0.2) is 0 Å². The van der Waals surface area contributed by atoms with Gasteiger partial charge in [-0.2, -0.15) is 0 Å². The van der Waals surface area contributed by atoms with Gasteiger partial charge in [-0.3, -0.25) is 9.69 Å². The Morgan fingerprint density at radius 3 is 2.81 bits per heavy atom. The van der Waals surface area contributed by atoms with Crippen molar-refractivity contribution >= 4 is 5.78 Å². The number of likely N-dealkylation sites (tertiary alicyclic amines) is 1. The van der Waals surface area contributed by atoms with Crippen molar-refractivity contribution in [2.24, 2.45) is 17.8 Å². The van der Waals surface area contributed by atoms with E-state index in [1.54, 1.807) is 24.3 Å². The Labute approximate surface area is 125 Å². The van der Waals surface area contributed by atoms with E-state index in [2.05, 4.69) is 36.1 Å². The number of rotatable bonds is 3. The molecule has 3 unspecified atom stereocenters. The molecule has 3 atom stereocenters. The number of fused-ring (bicyclic) bond motifs is 1. The lowest BCUT2D eigenvalue weighted by Crippen LogP contribution is -2.46. The highest BCUT2D eigenvalue weighted by atomic mass is 16.3. The second kappa shape index (κ2) is 5.86. The van der Waals surface area contributed by atoms with Crippen LogP contribution in [0.25, 0.3) is 0 Å². The molecule has 1 aliphatic carbocycles. The zero-order valence-electron chi connectivity index (χ0n) is 12.3. The minimum absolute atomic E-state index is 0.00548. The van der Waals surface area contributed by atoms with Crippen LogP contribution in [0.15, 0.2) is 48.6 Å². The molecular formula is C18H21NO2. The predicted molar refractivity (Wildman–Crippen MR) is 83.3 cm³/mol. The van der Waals surface area contributed by atoms with Gasteiger partial charge >= 0.3 is 0 Å². The number of carbonyl (C=O) groups is 1. The van der Waals surface area contributed by atoms with Gasteiger partial charge in [0.1, 0.15) is 5.75 Å². The summed E-state index contributed by atoms with van der Waals surface area (Å²) in [6, 6.07) is 6.78. The number of hydrogen-bond donors (Lipinski definition) is 1. The van der Waals surface area contributed by atoms with E-state index in [9.17, 15) is 9.90 Å². The maximum atomic E-state index is 12.4. The van der Waals surface area contributed by atoms with Gasteiger partial charge in [-0.05, 0) is 29.9 Å². The van der Waals surface area contributed by atoms with Crippen molar-refractivity contribution in [2.75, 3.05) is 19.6 Å². The second-order valence-electron chi connectivity index (χ2n) is 6.12. The fraction of sp³-hybridized carbons (Fsp3) is 0.389. The summed E-state index contributed by atoms with van der Waals surface area (Å²) in [4.78, 5) is 14.6. The number of carbonyl (C=O) groups excluding carboxylic acids is 1. The molecule has 1 N–H and O–H groups in total. The molecule has 0 spiro atoms. The van der Waals surface area contributed by atoms with Gasteiger partial charge in [0.25, 0.3) is 0 Å². The van der Waals surface area contributed by atoms with E-state index in [4.69, 9.17) is 0 Å². The first-order chi connectivity index (χ1) is 10.1. The molecule has 0 saturated carbocycles. The Morgan fingerprint density at radius 2 is 2.00 bits per heavy atom. The Balaban J connectivity index is 1.69. The number of Topliss-reactive ketones (excluding diaryl/α,β-unsaturated/α-hetero) is 1. The number of phenols is 1. The van der Waals surface area contributed by atoms with Crippen LogP contribution in [0.1, 0.15) is 17.3 Å². The Kier molecular flexibility index (Phi) is 3.93. The molecule has 0 amide bonds. The van der Waals surface area contributed by atoms with E-state index < -0.39 is 0 Å². The molecule has 3 rings (SSSR count). The number of para-hydroxylation sites is 1. The van der Waals surface area contributed by atoms with Gasteiger partial charge in [0.15, 0.2) is 5.78 Å². The minimum atomic E-state index is -0.00548. The zero-order chi connectivity index (χ0) is 14.8. The Bertz CT molecular complexity index is 591. The average Bonchev–Trinajstić information content (AvgIpc) is 2.47. The summed E-state index contributed by atoms with van der Waals surface area (Å²) in [7, 11) is 0. The minimum Gasteiger partial charge on any atom is -0.507 e. The van der Waals surface area contributed by atoms with Gasteiger partial charge < -0.3 is 5.11 Å². The van der Waals surface area contributed by atoms with E-state index in [1.807, 2.05) is 0 Å². The molecule has 3 heteroatoms. The van der Waals surface area contributed by atoms with Crippen molar-refractivity contribution in [3.63, 3.8) is 0 Å². The smallest absolute Gasteiger partial charge is 0.180 e. The lowest BCUT2D eigenvalue weighted by atomic mass is 9.76. The summed E-state index contributed by atoms with van der Waals surface area (Å²) in [6.45, 7) is 4.47. The van der Waals surface area contributed by atoms with E-state index in [1.165, 1.54) is 0 Å². The molecule has 0 aromatic heterocycles. The monoisotopic (exact) mass is 283 g/mol. The maximum absolute atomic E-state index is 12.4. The highest BCUT2D eigenvalue weighted by Gasteiger charge is 2.33. The van der Waals surface area contributed by atoms with Gasteiger partial charge in [0.05, 0.1) is 12.1 Å². The third-order valence-electron chi connectivity index (χ3n) is 4.54. The first-order valence-corrected chi connectivity index (χ1v) is 7.53. The highest BCUT2D eigenvalue weighted by molar-refractivity contribution is 5.99. The van der Waals surface area contributed by atoms with Crippen molar-refractivity contribution in [1.29, 1.82) is 0 Å². The molecule has 21 heavy (non-hydrogen) atoms. The third kappa shape index (κ3) is 2.93. The third-order valence-corrected chi connectivity index (χ3v) is 4.54. The molecule has 1 saturated heterocycles. The molecule has 2 aliphatic rings. The standard InChI is InChI=1S/C18H21NO2/c1-13-10-19(11-14-6-2-3-7-15(13)14)12-18(21)16-8-4-5-9-17(16)20/h2-9,13-15,20H,10-12H2,1H3. The molecule has 1 aromatic rings. The number of nitrogens with zero attached hydrogens (tertiary/aromatic N) is 1. The summed E-state index contributed by atoms with van der Waals surface area (Å²) in [5.41, 5.74) is 0.423. The first-order valence-electron chi connectivity index (χ1n) is 7.53. The Hall–Kier alpha value is -1.87. The van der Waals surface area contributed by atoms with Crippen LogP contribution in [0.3, 0.4) is 0 Å². The molecule has 1 heterocycles. The molecule has 1 fully saturated rings. The maximum Gasteiger partial charge on any atom is 0.180 e. The fourth-order valence-corrected chi connectivity index (χ4v) is 3.49. The van der Waals surface area contributed by atoms with Crippen LogP contribution in [0.5, 0.6) is 5.75 Å². The SMILES string of the molecule is CC1CN(CC(=O)c2ccccc2O)CC2C=CC=CC12. The first kappa shape index (κ1) is 14.1. The highest BCUT2D eigenvalue weighted by Crippen LogP contribution is 2.32. The summed E-state index contributed by atoms with van der Waals surface area (Å²) >= 11 is 0. The van der Waals surface area contributed by atoms with Crippen molar-refractivity contribution in [2.45, 2.75) is 6.92 Å². The number of aromatic hydroxyl groups is 1. The number of allylic oxidation sites excluding steroid dienone is 3. The lowest BCUT2D eigenvalue weighted by molar-refractivity contribution is 0.0798. The number of piperidine rings is 1. The molecule has 110 valence electrons. The van der Waals surface area contributed by atoms with E-state index in [0.717, 1.165) is 13.1 Å². The molecule has 0 radical (unpaired) electrons. The largest absolute Gasteiger partial charge is 0.507 e.